The van der Waals surface area contributed by atoms with Gasteiger partial charge in [0, 0.05) is 31.2 Å². The molecule has 0 bridgehead atoms. The Balaban J connectivity index is 2.37. The number of carboxylic acids is 1. The molecule has 22 heavy (non-hydrogen) atoms. The number of hydrogen-bond donors (Lipinski definition) is 1. The second-order valence-electron chi connectivity index (χ2n) is 5.67. The first-order valence-corrected chi connectivity index (χ1v) is 7.37. The van der Waals surface area contributed by atoms with Gasteiger partial charge >= 0.3 is 5.97 Å². The number of nitrogens with zero attached hydrogens (tertiary/aromatic N) is 2. The molecule has 1 aliphatic rings. The molecule has 2 rings (SSSR count). The number of benzene rings is 1. The average Bonchev–Trinajstić information content (AvgIpc) is 2.50. The molecule has 6 heteroatoms. The largest absolute Gasteiger partial charge is 0.497 e. The maximum atomic E-state index is 11.9. The Hall–Kier alpha value is -1.79. The van der Waals surface area contributed by atoms with E-state index in [0.717, 1.165) is 6.54 Å². The summed E-state index contributed by atoms with van der Waals surface area (Å²) >= 11 is 0. The van der Waals surface area contributed by atoms with Crippen LogP contribution in [-0.4, -0.2) is 67.8 Å². The first-order chi connectivity index (χ1) is 10.5. The highest BCUT2D eigenvalue weighted by molar-refractivity contribution is 5.77. The van der Waals surface area contributed by atoms with Crippen LogP contribution < -0.4 is 9.47 Å². The van der Waals surface area contributed by atoms with Crippen molar-refractivity contribution >= 4 is 5.97 Å². The third kappa shape index (κ3) is 3.34. The van der Waals surface area contributed by atoms with E-state index in [1.165, 1.54) is 0 Å². The summed E-state index contributed by atoms with van der Waals surface area (Å²) in [5.41, 5.74) is 0.631. The van der Waals surface area contributed by atoms with Crippen molar-refractivity contribution in [2.24, 2.45) is 0 Å². The molecule has 0 saturated carbocycles. The molecule has 0 aliphatic carbocycles. The Labute approximate surface area is 131 Å². The van der Waals surface area contributed by atoms with Crippen LogP contribution in [-0.2, 0) is 4.79 Å². The molecule has 0 aromatic heterocycles. The number of rotatable bonds is 5. The van der Waals surface area contributed by atoms with Crippen LogP contribution in [0.5, 0.6) is 11.5 Å². The molecule has 6 nitrogen and oxygen atoms in total. The second kappa shape index (κ2) is 6.98. The van der Waals surface area contributed by atoms with E-state index in [1.807, 2.05) is 4.90 Å². The number of carboxylic acid groups (broad SMARTS) is 1. The molecule has 0 spiro atoms. The highest BCUT2D eigenvalue weighted by Gasteiger charge is 2.34. The van der Waals surface area contributed by atoms with Gasteiger partial charge in [-0.25, -0.2) is 0 Å². The molecule has 1 aromatic rings. The van der Waals surface area contributed by atoms with Crippen LogP contribution >= 0.6 is 0 Å². The smallest absolute Gasteiger partial charge is 0.325 e. The van der Waals surface area contributed by atoms with Gasteiger partial charge in [-0.1, -0.05) is 0 Å². The predicted octanol–water partition coefficient (Wildman–Crippen LogP) is 1.47. The van der Waals surface area contributed by atoms with Gasteiger partial charge in [0.25, 0.3) is 0 Å². The normalized spacial score (nSPS) is 21.4. The Bertz CT molecular complexity index is 535. The fraction of sp³-hybridized carbons (Fsp3) is 0.562. The summed E-state index contributed by atoms with van der Waals surface area (Å²) in [6, 6.07) is 4.85. The van der Waals surface area contributed by atoms with Gasteiger partial charge in [0.05, 0.1) is 14.2 Å². The average molecular weight is 308 g/mol. The molecule has 1 heterocycles. The van der Waals surface area contributed by atoms with Crippen LogP contribution in [0.1, 0.15) is 18.5 Å². The molecule has 1 N–H and O–H groups in total. The summed E-state index contributed by atoms with van der Waals surface area (Å²) in [6.45, 7) is 4.36. The summed E-state index contributed by atoms with van der Waals surface area (Å²) in [5, 5.41) is 9.76. The number of aliphatic carboxylic acids is 1. The molecular formula is C16H24N2O4. The molecule has 1 aromatic carbocycles. The molecule has 122 valence electrons. The van der Waals surface area contributed by atoms with E-state index in [4.69, 9.17) is 9.47 Å². The van der Waals surface area contributed by atoms with Crippen LogP contribution in [0, 0.1) is 0 Å². The Kier molecular flexibility index (Phi) is 5.26. The van der Waals surface area contributed by atoms with Gasteiger partial charge < -0.3 is 19.5 Å². The molecule has 2 atom stereocenters. The number of hydrogen-bond acceptors (Lipinski definition) is 5. The van der Waals surface area contributed by atoms with Gasteiger partial charge in [0.1, 0.15) is 17.5 Å². The molecule has 0 radical (unpaired) electrons. The minimum Gasteiger partial charge on any atom is -0.497 e. The number of carbonyl (C=O) groups is 1. The van der Waals surface area contributed by atoms with Crippen LogP contribution in [0.2, 0.25) is 0 Å². The van der Waals surface area contributed by atoms with Crippen molar-refractivity contribution < 1.29 is 19.4 Å². The zero-order valence-electron chi connectivity index (χ0n) is 13.6. The summed E-state index contributed by atoms with van der Waals surface area (Å²) in [4.78, 5) is 16.1. The Morgan fingerprint density at radius 2 is 2.05 bits per heavy atom. The lowest BCUT2D eigenvalue weighted by Gasteiger charge is -2.40. The van der Waals surface area contributed by atoms with Crippen LogP contribution in [0.3, 0.4) is 0 Å². The Morgan fingerprint density at radius 3 is 2.59 bits per heavy atom. The van der Waals surface area contributed by atoms with E-state index >= 15 is 0 Å². The van der Waals surface area contributed by atoms with Crippen molar-refractivity contribution in [3.63, 3.8) is 0 Å². The van der Waals surface area contributed by atoms with Crippen LogP contribution in [0.15, 0.2) is 18.2 Å². The first kappa shape index (κ1) is 16.6. The van der Waals surface area contributed by atoms with Crippen molar-refractivity contribution in [3.8, 4) is 11.5 Å². The van der Waals surface area contributed by atoms with E-state index in [1.54, 1.807) is 32.4 Å². The molecule has 0 amide bonds. The second-order valence-corrected chi connectivity index (χ2v) is 5.67. The number of piperazine rings is 1. The highest BCUT2D eigenvalue weighted by atomic mass is 16.5. The lowest BCUT2D eigenvalue weighted by molar-refractivity contribution is -0.144. The molecule has 1 saturated heterocycles. The predicted molar refractivity (Wildman–Crippen MR) is 83.6 cm³/mol. The van der Waals surface area contributed by atoms with Crippen molar-refractivity contribution in [3.05, 3.63) is 23.8 Å². The molecule has 1 fully saturated rings. The van der Waals surface area contributed by atoms with E-state index < -0.39 is 12.0 Å². The van der Waals surface area contributed by atoms with Crippen molar-refractivity contribution in [2.75, 3.05) is 40.9 Å². The zero-order chi connectivity index (χ0) is 16.3. The van der Waals surface area contributed by atoms with Gasteiger partial charge in [-0.3, -0.25) is 9.69 Å². The maximum Gasteiger partial charge on any atom is 0.325 e. The van der Waals surface area contributed by atoms with Gasteiger partial charge in [-0.2, -0.15) is 0 Å². The van der Waals surface area contributed by atoms with E-state index in [-0.39, 0.29) is 0 Å². The number of likely N-dealkylation sites (N-methyl/N-ethyl adjacent to an activating group) is 1. The van der Waals surface area contributed by atoms with E-state index in [0.29, 0.717) is 36.2 Å². The van der Waals surface area contributed by atoms with Gasteiger partial charge in [0.2, 0.25) is 0 Å². The molecule has 1 aliphatic heterocycles. The van der Waals surface area contributed by atoms with Crippen LogP contribution in [0.4, 0.5) is 0 Å². The zero-order valence-corrected chi connectivity index (χ0v) is 13.6. The first-order valence-electron chi connectivity index (χ1n) is 7.37. The number of ether oxygens (including phenoxy) is 2. The van der Waals surface area contributed by atoms with Gasteiger partial charge in [0.15, 0.2) is 0 Å². The fourth-order valence-electron chi connectivity index (χ4n) is 2.85. The van der Waals surface area contributed by atoms with Crippen molar-refractivity contribution in [1.82, 2.24) is 9.80 Å². The monoisotopic (exact) mass is 308 g/mol. The fourth-order valence-corrected chi connectivity index (χ4v) is 2.85. The SMILES string of the molecule is COc1ccc(OC)c(C(C(=O)O)N2CCN(C)C(C)C2)c1. The molecular weight excluding hydrogens is 284 g/mol. The lowest BCUT2D eigenvalue weighted by atomic mass is 10.0. The van der Waals surface area contributed by atoms with Crippen LogP contribution in [0.25, 0.3) is 0 Å². The van der Waals surface area contributed by atoms with E-state index in [9.17, 15) is 9.90 Å². The summed E-state index contributed by atoms with van der Waals surface area (Å²) in [5.74, 6) is 0.326. The number of methoxy groups -OCH3 is 2. The van der Waals surface area contributed by atoms with Gasteiger partial charge in [-0.15, -0.1) is 0 Å². The summed E-state index contributed by atoms with van der Waals surface area (Å²) in [6.07, 6.45) is 0. The Morgan fingerprint density at radius 1 is 1.32 bits per heavy atom. The third-order valence-electron chi connectivity index (χ3n) is 4.32. The standard InChI is InChI=1S/C16H24N2O4/c1-11-10-18(8-7-17(11)2)15(16(19)20)13-9-12(21-3)5-6-14(13)22-4/h5-6,9,11,15H,7-8,10H2,1-4H3,(H,19,20). The van der Waals surface area contributed by atoms with E-state index in [2.05, 4.69) is 18.9 Å². The van der Waals surface area contributed by atoms with Crippen molar-refractivity contribution in [2.45, 2.75) is 19.0 Å². The summed E-state index contributed by atoms with van der Waals surface area (Å²) in [7, 11) is 5.18. The third-order valence-corrected chi connectivity index (χ3v) is 4.32. The molecule has 2 unspecified atom stereocenters. The minimum atomic E-state index is -0.872. The quantitative estimate of drug-likeness (QED) is 0.889. The maximum absolute atomic E-state index is 11.9. The minimum absolute atomic E-state index is 0.312. The van der Waals surface area contributed by atoms with Gasteiger partial charge in [-0.05, 0) is 32.2 Å². The lowest BCUT2D eigenvalue weighted by Crippen LogP contribution is -2.52. The van der Waals surface area contributed by atoms with Crippen molar-refractivity contribution in [1.29, 1.82) is 0 Å². The summed E-state index contributed by atoms with van der Waals surface area (Å²) < 4.78 is 10.6. The topological polar surface area (TPSA) is 62.2 Å². The highest BCUT2D eigenvalue weighted by Crippen LogP contribution is 2.34.